The molecule has 0 aliphatic carbocycles. The fourth-order valence-electron chi connectivity index (χ4n) is 3.70. The summed E-state index contributed by atoms with van der Waals surface area (Å²) in [5.41, 5.74) is 1.08. The standard InChI is InChI=1S/C13H18N2O2/c1-15-8-4-5-11(15)12(9(7-8)13(16)17)10-3-2-6-14-10/h2-3,6,8-9,11-12,14H,4-5,7H2,1H3,(H,16,17). The van der Waals surface area contributed by atoms with Gasteiger partial charge in [0.1, 0.15) is 0 Å². The highest BCUT2D eigenvalue weighted by Gasteiger charge is 2.48. The normalized spacial score (nSPS) is 37.2. The van der Waals surface area contributed by atoms with Gasteiger partial charge in [0.05, 0.1) is 5.92 Å². The van der Waals surface area contributed by atoms with E-state index in [4.69, 9.17) is 0 Å². The van der Waals surface area contributed by atoms with Gasteiger partial charge < -0.3 is 10.1 Å². The molecule has 0 radical (unpaired) electrons. The lowest BCUT2D eigenvalue weighted by Gasteiger charge is -2.41. The molecule has 4 unspecified atom stereocenters. The number of likely N-dealkylation sites (N-methyl/N-ethyl adjacent to an activating group) is 1. The van der Waals surface area contributed by atoms with Crippen LogP contribution in [-0.2, 0) is 4.79 Å². The van der Waals surface area contributed by atoms with Crippen molar-refractivity contribution in [3.8, 4) is 0 Å². The zero-order valence-electron chi connectivity index (χ0n) is 9.97. The number of aromatic amines is 1. The van der Waals surface area contributed by atoms with Crippen LogP contribution in [0.2, 0.25) is 0 Å². The summed E-state index contributed by atoms with van der Waals surface area (Å²) in [5, 5.41) is 9.42. The first kappa shape index (κ1) is 10.8. The lowest BCUT2D eigenvalue weighted by Crippen LogP contribution is -2.47. The van der Waals surface area contributed by atoms with E-state index in [2.05, 4.69) is 16.9 Å². The predicted octanol–water partition coefficient (Wildman–Crippen LogP) is 1.67. The molecule has 2 aliphatic rings. The first-order chi connectivity index (χ1) is 8.18. The van der Waals surface area contributed by atoms with Crippen molar-refractivity contribution in [1.82, 2.24) is 9.88 Å². The van der Waals surface area contributed by atoms with Crippen LogP contribution in [0.15, 0.2) is 18.3 Å². The van der Waals surface area contributed by atoms with Crippen LogP contribution in [0, 0.1) is 5.92 Å². The molecular formula is C13H18N2O2. The highest BCUT2D eigenvalue weighted by Crippen LogP contribution is 2.46. The largest absolute Gasteiger partial charge is 0.481 e. The Hall–Kier alpha value is -1.29. The molecular weight excluding hydrogens is 216 g/mol. The second kappa shape index (κ2) is 3.88. The first-order valence-electron chi connectivity index (χ1n) is 6.26. The number of nitrogens with one attached hydrogen (secondary N) is 1. The van der Waals surface area contributed by atoms with E-state index in [0.29, 0.717) is 12.1 Å². The van der Waals surface area contributed by atoms with Crippen molar-refractivity contribution >= 4 is 5.97 Å². The fourth-order valence-corrected chi connectivity index (χ4v) is 3.70. The van der Waals surface area contributed by atoms with Crippen LogP contribution in [0.4, 0.5) is 0 Å². The smallest absolute Gasteiger partial charge is 0.307 e. The number of carbonyl (C=O) groups is 1. The Morgan fingerprint density at radius 3 is 3.00 bits per heavy atom. The first-order valence-corrected chi connectivity index (χ1v) is 6.26. The number of carboxylic acid groups (broad SMARTS) is 1. The van der Waals surface area contributed by atoms with Gasteiger partial charge in [-0.15, -0.1) is 0 Å². The highest BCUT2D eigenvalue weighted by atomic mass is 16.4. The molecule has 92 valence electrons. The minimum absolute atomic E-state index is 0.117. The summed E-state index contributed by atoms with van der Waals surface area (Å²) in [4.78, 5) is 17.0. The third-order valence-electron chi connectivity index (χ3n) is 4.57. The topological polar surface area (TPSA) is 56.3 Å². The Labute approximate surface area is 101 Å². The number of hydrogen-bond acceptors (Lipinski definition) is 2. The van der Waals surface area contributed by atoms with E-state index in [-0.39, 0.29) is 11.8 Å². The van der Waals surface area contributed by atoms with Crippen LogP contribution in [0.5, 0.6) is 0 Å². The molecule has 0 saturated carbocycles. The average Bonchev–Trinajstić information content (AvgIpc) is 2.87. The van der Waals surface area contributed by atoms with E-state index < -0.39 is 5.97 Å². The van der Waals surface area contributed by atoms with Crippen molar-refractivity contribution in [1.29, 1.82) is 0 Å². The monoisotopic (exact) mass is 234 g/mol. The van der Waals surface area contributed by atoms with Crippen molar-refractivity contribution in [2.75, 3.05) is 7.05 Å². The van der Waals surface area contributed by atoms with Crippen molar-refractivity contribution < 1.29 is 9.90 Å². The summed E-state index contributed by atoms with van der Waals surface area (Å²) in [5.74, 6) is -0.761. The van der Waals surface area contributed by atoms with Gasteiger partial charge in [-0.05, 0) is 38.4 Å². The molecule has 4 heteroatoms. The second-order valence-corrected chi connectivity index (χ2v) is 5.30. The van der Waals surface area contributed by atoms with E-state index in [1.54, 1.807) is 0 Å². The SMILES string of the molecule is CN1C2CCC1C(c1ccc[nH]1)C(C(=O)O)C2. The molecule has 1 aromatic heterocycles. The number of piperidine rings is 1. The second-order valence-electron chi connectivity index (χ2n) is 5.30. The van der Waals surface area contributed by atoms with Crippen LogP contribution in [0.3, 0.4) is 0 Å². The summed E-state index contributed by atoms with van der Waals surface area (Å²) < 4.78 is 0. The Bertz CT molecular complexity index is 415. The summed E-state index contributed by atoms with van der Waals surface area (Å²) >= 11 is 0. The summed E-state index contributed by atoms with van der Waals surface area (Å²) in [6, 6.07) is 4.82. The third-order valence-corrected chi connectivity index (χ3v) is 4.57. The molecule has 17 heavy (non-hydrogen) atoms. The number of fused-ring (bicyclic) bond motifs is 2. The Balaban J connectivity index is 1.98. The van der Waals surface area contributed by atoms with Crippen molar-refractivity contribution in [2.45, 2.75) is 37.3 Å². The molecule has 2 saturated heterocycles. The van der Waals surface area contributed by atoms with Gasteiger partial charge >= 0.3 is 5.97 Å². The van der Waals surface area contributed by atoms with Gasteiger partial charge in [0, 0.05) is 29.9 Å². The molecule has 2 N–H and O–H groups in total. The molecule has 3 heterocycles. The maximum Gasteiger partial charge on any atom is 0.307 e. The van der Waals surface area contributed by atoms with Gasteiger partial charge in [-0.3, -0.25) is 9.69 Å². The van der Waals surface area contributed by atoms with Crippen molar-refractivity contribution in [3.63, 3.8) is 0 Å². The van der Waals surface area contributed by atoms with Crippen molar-refractivity contribution in [2.24, 2.45) is 5.92 Å². The summed E-state index contributed by atoms with van der Waals surface area (Å²) in [6.45, 7) is 0. The molecule has 3 rings (SSSR count). The molecule has 4 atom stereocenters. The number of hydrogen-bond donors (Lipinski definition) is 2. The van der Waals surface area contributed by atoms with Gasteiger partial charge in [0.2, 0.25) is 0 Å². The van der Waals surface area contributed by atoms with Crippen LogP contribution in [-0.4, -0.2) is 40.1 Å². The zero-order valence-corrected chi connectivity index (χ0v) is 9.97. The predicted molar refractivity (Wildman–Crippen MR) is 63.8 cm³/mol. The van der Waals surface area contributed by atoms with Gasteiger partial charge in [-0.2, -0.15) is 0 Å². The molecule has 0 amide bonds. The molecule has 0 spiro atoms. The van der Waals surface area contributed by atoms with Gasteiger partial charge in [-0.25, -0.2) is 0 Å². The number of nitrogens with zero attached hydrogens (tertiary/aromatic N) is 1. The Morgan fingerprint density at radius 1 is 1.53 bits per heavy atom. The lowest BCUT2D eigenvalue weighted by molar-refractivity contribution is -0.145. The fraction of sp³-hybridized carbons (Fsp3) is 0.615. The van der Waals surface area contributed by atoms with E-state index in [9.17, 15) is 9.90 Å². The highest BCUT2D eigenvalue weighted by molar-refractivity contribution is 5.72. The van der Waals surface area contributed by atoms with E-state index in [1.807, 2.05) is 18.3 Å². The Kier molecular flexibility index (Phi) is 2.47. The van der Waals surface area contributed by atoms with E-state index >= 15 is 0 Å². The molecule has 2 aliphatic heterocycles. The molecule has 1 aromatic rings. The summed E-state index contributed by atoms with van der Waals surface area (Å²) in [6.07, 6.45) is 4.93. The van der Waals surface area contributed by atoms with Gasteiger partial charge in [0.25, 0.3) is 0 Å². The van der Waals surface area contributed by atoms with Crippen LogP contribution in [0.1, 0.15) is 30.9 Å². The molecule has 0 aromatic carbocycles. The maximum atomic E-state index is 11.5. The van der Waals surface area contributed by atoms with Gasteiger partial charge in [-0.1, -0.05) is 0 Å². The van der Waals surface area contributed by atoms with Gasteiger partial charge in [0.15, 0.2) is 0 Å². The number of aromatic nitrogens is 1. The van der Waals surface area contributed by atoms with Crippen molar-refractivity contribution in [3.05, 3.63) is 24.0 Å². The molecule has 4 nitrogen and oxygen atoms in total. The van der Waals surface area contributed by atoms with E-state index in [1.165, 1.54) is 0 Å². The number of rotatable bonds is 2. The molecule has 2 fully saturated rings. The quantitative estimate of drug-likeness (QED) is 0.818. The number of carboxylic acids is 1. The van der Waals surface area contributed by atoms with Crippen LogP contribution < -0.4 is 0 Å². The minimum atomic E-state index is -0.644. The Morgan fingerprint density at radius 2 is 2.35 bits per heavy atom. The maximum absolute atomic E-state index is 11.5. The lowest BCUT2D eigenvalue weighted by atomic mass is 9.78. The van der Waals surface area contributed by atoms with Crippen LogP contribution >= 0.6 is 0 Å². The minimum Gasteiger partial charge on any atom is -0.481 e. The zero-order chi connectivity index (χ0) is 12.0. The third kappa shape index (κ3) is 1.59. The van der Waals surface area contributed by atoms with Crippen LogP contribution in [0.25, 0.3) is 0 Å². The van der Waals surface area contributed by atoms with E-state index in [0.717, 1.165) is 25.0 Å². The summed E-state index contributed by atoms with van der Waals surface area (Å²) in [7, 11) is 2.14. The average molecular weight is 234 g/mol. The number of aliphatic carboxylic acids is 1. The number of H-pyrrole nitrogens is 1. The molecule has 2 bridgehead atoms.